The lowest BCUT2D eigenvalue weighted by Gasteiger charge is -2.11. The Morgan fingerprint density at radius 3 is 1.60 bits per heavy atom. The van der Waals surface area contributed by atoms with Crippen LogP contribution in [0.15, 0.2) is 29.3 Å². The monoisotopic (exact) mass is 794 g/mol. The normalized spacial score (nSPS) is 17.8. The Balaban J connectivity index is 1.49. The first-order chi connectivity index (χ1) is 25.4. The van der Waals surface area contributed by atoms with Crippen molar-refractivity contribution in [2.45, 2.75) is 200 Å². The van der Waals surface area contributed by atoms with Crippen molar-refractivity contribution in [3.05, 3.63) is 65.5 Å². The molecule has 0 nitrogen and oxygen atoms in total. The summed E-state index contributed by atoms with van der Waals surface area (Å²) in [6.45, 7) is 16.5. The second-order valence-corrected chi connectivity index (χ2v) is 21.8. The van der Waals surface area contributed by atoms with Gasteiger partial charge in [0.25, 0.3) is 0 Å². The summed E-state index contributed by atoms with van der Waals surface area (Å²) in [5, 5.41) is 1.28. The van der Waals surface area contributed by atoms with Gasteiger partial charge < -0.3 is 0 Å². The van der Waals surface area contributed by atoms with Gasteiger partial charge in [-0.05, 0) is 119 Å². The second-order valence-electron chi connectivity index (χ2n) is 15.8. The van der Waals surface area contributed by atoms with Gasteiger partial charge in [0.1, 0.15) is 0 Å². The van der Waals surface area contributed by atoms with Gasteiger partial charge in [-0.15, -0.1) is 57.5 Å². The molecule has 0 N–H and O–H groups in total. The third-order valence-electron chi connectivity index (χ3n) is 11.1. The van der Waals surface area contributed by atoms with Crippen LogP contribution < -0.4 is 0 Å². The number of allylic oxidation sites excluding steroid dienone is 2. The summed E-state index contributed by atoms with van der Waals surface area (Å²) in [6.07, 6.45) is 28.6. The summed E-state index contributed by atoms with van der Waals surface area (Å²) in [4.78, 5) is 12.9. The second kappa shape index (κ2) is 22.1. The van der Waals surface area contributed by atoms with E-state index in [2.05, 4.69) is 124 Å². The number of rotatable bonds is 24. The molecular formula is C47H70S5. The molecule has 52 heavy (non-hydrogen) atoms. The molecule has 288 valence electrons. The van der Waals surface area contributed by atoms with E-state index in [4.69, 9.17) is 0 Å². The van der Waals surface area contributed by atoms with Crippen LogP contribution in [0.2, 0.25) is 0 Å². The highest BCUT2D eigenvalue weighted by Gasteiger charge is 2.32. The van der Waals surface area contributed by atoms with Gasteiger partial charge in [0.05, 0.1) is 0 Å². The Morgan fingerprint density at radius 2 is 0.981 bits per heavy atom. The van der Waals surface area contributed by atoms with E-state index in [-0.39, 0.29) is 0 Å². The molecule has 5 heteroatoms. The first-order valence-electron chi connectivity index (χ1n) is 21.5. The minimum Gasteiger partial charge on any atom is -0.140 e. The molecule has 0 saturated carbocycles. The summed E-state index contributed by atoms with van der Waals surface area (Å²) < 4.78 is 0. The molecular weight excluding hydrogens is 725 g/mol. The molecule has 0 spiro atoms. The zero-order chi connectivity index (χ0) is 36.9. The van der Waals surface area contributed by atoms with Crippen LogP contribution in [0.1, 0.15) is 205 Å². The predicted octanol–water partition coefficient (Wildman–Crippen LogP) is 18.0. The molecule has 0 saturated heterocycles. The molecule has 0 aromatic carbocycles. The summed E-state index contributed by atoms with van der Waals surface area (Å²) >= 11 is 10.8. The molecule has 0 bridgehead atoms. The van der Waals surface area contributed by atoms with E-state index >= 15 is 0 Å². The van der Waals surface area contributed by atoms with Crippen LogP contribution in [0.25, 0.3) is 19.6 Å². The van der Waals surface area contributed by atoms with Crippen molar-refractivity contribution < 1.29 is 0 Å². The lowest BCUT2D eigenvalue weighted by Crippen LogP contribution is -1.94. The standard InChI is InChI=1S/C47H70S5/c1-8-13-18-23-35-29-40(49-34(35)7)45-37(25-20-15-10-3)31-42(51-45)47-39(27-22-17-12-5)32-43(52-47)46-38(26-21-16-11-4)30-41(50-46)44-36(24-19-14-9-2)28-33(6)48-44/h29-30,32-33,42H,8-28,31H2,1-7H3. The van der Waals surface area contributed by atoms with Gasteiger partial charge in [0.2, 0.25) is 0 Å². The zero-order valence-corrected chi connectivity index (χ0v) is 38.1. The summed E-state index contributed by atoms with van der Waals surface area (Å²) in [6, 6.07) is 7.94. The van der Waals surface area contributed by atoms with E-state index in [1.165, 1.54) is 141 Å². The Labute approximate surface area is 340 Å². The molecule has 3 aromatic rings. The van der Waals surface area contributed by atoms with E-state index in [1.54, 1.807) is 66.9 Å². The van der Waals surface area contributed by atoms with Gasteiger partial charge in [-0.2, -0.15) is 0 Å². The third-order valence-corrected chi connectivity index (χ3v) is 18.1. The topological polar surface area (TPSA) is 0 Å². The van der Waals surface area contributed by atoms with E-state index in [9.17, 15) is 0 Å². The van der Waals surface area contributed by atoms with E-state index in [0.717, 1.165) is 0 Å². The van der Waals surface area contributed by atoms with Crippen molar-refractivity contribution in [2.24, 2.45) is 0 Å². The molecule has 0 aliphatic carbocycles. The van der Waals surface area contributed by atoms with Crippen LogP contribution in [0, 0.1) is 6.92 Å². The SMILES string of the molecule is CCCCCC1=C(c2cc(CCCCC)c(C)s2)SC(c2sc(-c3sc(C4=C(CCCCC)CC(C)S4)cc3CCCCC)cc2CCCCC)C1. The van der Waals surface area contributed by atoms with E-state index in [1.807, 2.05) is 0 Å². The molecule has 0 fully saturated rings. The maximum atomic E-state index is 2.69. The van der Waals surface area contributed by atoms with Crippen molar-refractivity contribution in [1.29, 1.82) is 0 Å². The van der Waals surface area contributed by atoms with E-state index in [0.29, 0.717) is 10.5 Å². The minimum atomic E-state index is 0.565. The lowest BCUT2D eigenvalue weighted by atomic mass is 9.98. The maximum absolute atomic E-state index is 2.69. The fourth-order valence-corrected chi connectivity index (χ4v) is 15.1. The number of hydrogen-bond donors (Lipinski definition) is 0. The number of aryl methyl sites for hydroxylation is 4. The molecule has 2 unspecified atom stereocenters. The van der Waals surface area contributed by atoms with Crippen LogP contribution in [0.4, 0.5) is 0 Å². The van der Waals surface area contributed by atoms with Crippen LogP contribution in [-0.4, -0.2) is 5.25 Å². The third kappa shape index (κ3) is 11.4. The quantitative estimate of drug-likeness (QED) is 0.0829. The highest BCUT2D eigenvalue weighted by Crippen LogP contribution is 2.58. The Kier molecular flexibility index (Phi) is 18.1. The molecule has 5 heterocycles. The number of thiophene rings is 3. The highest BCUT2D eigenvalue weighted by molar-refractivity contribution is 8.09. The van der Waals surface area contributed by atoms with Crippen molar-refractivity contribution in [3.8, 4) is 9.75 Å². The van der Waals surface area contributed by atoms with Gasteiger partial charge in [0.15, 0.2) is 0 Å². The minimum absolute atomic E-state index is 0.565. The molecule has 2 aliphatic rings. The van der Waals surface area contributed by atoms with Gasteiger partial charge >= 0.3 is 0 Å². The maximum Gasteiger partial charge on any atom is 0.0481 e. The molecule has 0 radical (unpaired) electrons. The molecule has 3 aromatic heterocycles. The Bertz CT molecular complexity index is 1590. The van der Waals surface area contributed by atoms with E-state index < -0.39 is 0 Å². The summed E-state index contributed by atoms with van der Waals surface area (Å²) in [5.41, 5.74) is 8.41. The van der Waals surface area contributed by atoms with Crippen LogP contribution in [0.5, 0.6) is 0 Å². The van der Waals surface area contributed by atoms with Crippen molar-refractivity contribution in [1.82, 2.24) is 0 Å². The van der Waals surface area contributed by atoms with Crippen molar-refractivity contribution >= 4 is 67.3 Å². The summed E-state index contributed by atoms with van der Waals surface area (Å²) in [7, 11) is 0. The molecule has 0 amide bonds. The molecule has 5 rings (SSSR count). The van der Waals surface area contributed by atoms with Crippen LogP contribution in [0.3, 0.4) is 0 Å². The summed E-state index contributed by atoms with van der Waals surface area (Å²) in [5.74, 6) is 0. The average molecular weight is 795 g/mol. The van der Waals surface area contributed by atoms with Gasteiger partial charge in [-0.25, -0.2) is 0 Å². The van der Waals surface area contributed by atoms with Gasteiger partial charge in [-0.1, -0.05) is 117 Å². The van der Waals surface area contributed by atoms with Crippen LogP contribution >= 0.6 is 57.5 Å². The van der Waals surface area contributed by atoms with Crippen LogP contribution in [-0.2, 0) is 19.3 Å². The fourth-order valence-electron chi connectivity index (χ4n) is 8.10. The smallest absolute Gasteiger partial charge is 0.0481 e. The number of thioether (sulfide) groups is 2. The zero-order valence-electron chi connectivity index (χ0n) is 34.0. The van der Waals surface area contributed by atoms with Crippen molar-refractivity contribution in [3.63, 3.8) is 0 Å². The first kappa shape index (κ1) is 42.4. The fraction of sp³-hybridized carbons (Fsp3) is 0.660. The van der Waals surface area contributed by atoms with Crippen molar-refractivity contribution in [2.75, 3.05) is 0 Å². The Morgan fingerprint density at radius 1 is 0.500 bits per heavy atom. The molecule has 2 atom stereocenters. The first-order valence-corrected chi connectivity index (χ1v) is 25.7. The number of hydrogen-bond acceptors (Lipinski definition) is 5. The van der Waals surface area contributed by atoms with Gasteiger partial charge in [-0.3, -0.25) is 0 Å². The average Bonchev–Trinajstić information content (AvgIpc) is 3.96. The van der Waals surface area contributed by atoms with Gasteiger partial charge in [0, 0.05) is 49.6 Å². The molecule has 2 aliphatic heterocycles. The predicted molar refractivity (Wildman–Crippen MR) is 245 cm³/mol. The largest absolute Gasteiger partial charge is 0.140 e. The lowest BCUT2D eigenvalue weighted by molar-refractivity contribution is 0.695. The number of unbranched alkanes of at least 4 members (excludes halogenated alkanes) is 10. The highest BCUT2D eigenvalue weighted by atomic mass is 32.2. The Hall–Kier alpha value is -0.720.